The Balaban J connectivity index is 1.45. The highest BCUT2D eigenvalue weighted by Gasteiger charge is 2.33. The van der Waals surface area contributed by atoms with Gasteiger partial charge in [-0.05, 0) is 49.8 Å². The molecular formula is C22H21N3O2S2. The number of nitrogens with zero attached hydrogens (tertiary/aromatic N) is 3. The van der Waals surface area contributed by atoms with Crippen molar-refractivity contribution in [2.45, 2.75) is 48.8 Å². The number of amides is 2. The standard InChI is InChI=1S/C22H21N3O2S2/c26-21(14-7-2-1-3-8-14)25-12-5-4-10-17(22(25)27)29-20-18-15-9-6-11-16(15)28-19(18)23-13-24-20/h1-3,7-8,13,17H,4-6,9-12H2/t17-/m0/s1. The maximum Gasteiger partial charge on any atom is 0.260 e. The van der Waals surface area contributed by atoms with Crippen LogP contribution in [0.4, 0.5) is 0 Å². The van der Waals surface area contributed by atoms with E-state index in [4.69, 9.17) is 0 Å². The predicted molar refractivity (Wildman–Crippen MR) is 115 cm³/mol. The number of imide groups is 1. The van der Waals surface area contributed by atoms with Crippen LogP contribution >= 0.6 is 23.1 Å². The first kappa shape index (κ1) is 18.8. The number of hydrogen-bond donors (Lipinski definition) is 0. The van der Waals surface area contributed by atoms with Crippen molar-refractivity contribution >= 4 is 45.1 Å². The van der Waals surface area contributed by atoms with Gasteiger partial charge >= 0.3 is 0 Å². The van der Waals surface area contributed by atoms with E-state index >= 15 is 0 Å². The van der Waals surface area contributed by atoms with Gasteiger partial charge in [-0.15, -0.1) is 11.3 Å². The molecule has 3 aromatic rings. The molecule has 0 N–H and O–H groups in total. The van der Waals surface area contributed by atoms with Gasteiger partial charge in [0.2, 0.25) is 5.91 Å². The molecule has 3 heterocycles. The molecule has 5 nitrogen and oxygen atoms in total. The number of fused-ring (bicyclic) bond motifs is 3. The van der Waals surface area contributed by atoms with Gasteiger partial charge in [0.05, 0.1) is 5.25 Å². The molecule has 1 aromatic carbocycles. The number of carbonyl (C=O) groups excluding carboxylic acids is 2. The molecule has 1 atom stereocenters. The van der Waals surface area contributed by atoms with Gasteiger partial charge in [0, 0.05) is 22.4 Å². The van der Waals surface area contributed by atoms with Gasteiger partial charge in [-0.2, -0.15) is 0 Å². The van der Waals surface area contributed by atoms with Crippen LogP contribution in [-0.2, 0) is 17.6 Å². The molecule has 0 spiro atoms. The fourth-order valence-corrected chi connectivity index (χ4v) is 6.70. The normalized spacial score (nSPS) is 19.4. The molecule has 2 aromatic heterocycles. The number of rotatable bonds is 3. The smallest absolute Gasteiger partial charge is 0.260 e. The third-order valence-electron chi connectivity index (χ3n) is 5.63. The maximum absolute atomic E-state index is 13.3. The van der Waals surface area contributed by atoms with Crippen molar-refractivity contribution in [3.63, 3.8) is 0 Å². The second-order valence-electron chi connectivity index (χ2n) is 7.48. The topological polar surface area (TPSA) is 63.2 Å². The van der Waals surface area contributed by atoms with E-state index in [1.807, 2.05) is 18.2 Å². The number of carbonyl (C=O) groups is 2. The summed E-state index contributed by atoms with van der Waals surface area (Å²) >= 11 is 3.27. The van der Waals surface area contributed by atoms with Crippen molar-refractivity contribution in [2.24, 2.45) is 0 Å². The number of aryl methyl sites for hydroxylation is 2. The summed E-state index contributed by atoms with van der Waals surface area (Å²) in [6.07, 6.45) is 7.49. The molecule has 0 saturated carbocycles. The molecule has 2 aliphatic rings. The average Bonchev–Trinajstić information content (AvgIpc) is 3.29. The van der Waals surface area contributed by atoms with Gasteiger partial charge in [-0.25, -0.2) is 9.97 Å². The zero-order valence-electron chi connectivity index (χ0n) is 16.0. The van der Waals surface area contributed by atoms with Crippen LogP contribution in [0.1, 0.15) is 46.5 Å². The molecule has 0 unspecified atom stereocenters. The Hall–Kier alpha value is -2.25. The van der Waals surface area contributed by atoms with Crippen LogP contribution in [0.15, 0.2) is 41.7 Å². The van der Waals surface area contributed by atoms with Crippen LogP contribution in [0.3, 0.4) is 0 Å². The Morgan fingerprint density at radius 3 is 2.83 bits per heavy atom. The molecule has 7 heteroatoms. The number of aromatic nitrogens is 2. The van der Waals surface area contributed by atoms with Crippen LogP contribution in [0, 0.1) is 0 Å². The highest BCUT2D eigenvalue weighted by atomic mass is 32.2. The quantitative estimate of drug-likeness (QED) is 0.459. The van der Waals surface area contributed by atoms with Gasteiger partial charge in [0.15, 0.2) is 0 Å². The van der Waals surface area contributed by atoms with E-state index in [9.17, 15) is 9.59 Å². The SMILES string of the molecule is O=C(c1ccccc1)N1CCCC[C@H](Sc2ncnc3sc4c(c23)CCC4)C1=O. The molecule has 1 saturated heterocycles. The summed E-state index contributed by atoms with van der Waals surface area (Å²) in [6.45, 7) is 0.483. The monoisotopic (exact) mass is 423 g/mol. The molecule has 29 heavy (non-hydrogen) atoms. The number of hydrogen-bond acceptors (Lipinski definition) is 6. The van der Waals surface area contributed by atoms with Gasteiger partial charge < -0.3 is 0 Å². The number of thiophene rings is 1. The second kappa shape index (κ2) is 7.88. The number of likely N-dealkylation sites (tertiary alicyclic amines) is 1. The summed E-state index contributed by atoms with van der Waals surface area (Å²) < 4.78 is 0. The summed E-state index contributed by atoms with van der Waals surface area (Å²) in [6, 6.07) is 9.07. The van der Waals surface area contributed by atoms with Crippen molar-refractivity contribution in [3.05, 3.63) is 52.7 Å². The third kappa shape index (κ3) is 3.46. The fraction of sp³-hybridized carbons (Fsp3) is 0.364. The summed E-state index contributed by atoms with van der Waals surface area (Å²) in [4.78, 5) is 39.2. The second-order valence-corrected chi connectivity index (χ2v) is 9.75. The maximum atomic E-state index is 13.3. The van der Waals surface area contributed by atoms with Gasteiger partial charge in [-0.1, -0.05) is 36.4 Å². The van der Waals surface area contributed by atoms with E-state index in [1.54, 1.807) is 29.8 Å². The Kier molecular flexibility index (Phi) is 5.09. The predicted octanol–water partition coefficient (Wildman–Crippen LogP) is 4.49. The molecule has 0 bridgehead atoms. The highest BCUT2D eigenvalue weighted by Crippen LogP contribution is 2.42. The van der Waals surface area contributed by atoms with Crippen molar-refractivity contribution in [1.82, 2.24) is 14.9 Å². The molecule has 1 aliphatic carbocycles. The van der Waals surface area contributed by atoms with Gasteiger partial charge in [-0.3, -0.25) is 14.5 Å². The fourth-order valence-electron chi connectivity index (χ4n) is 4.18. The lowest BCUT2D eigenvalue weighted by molar-refractivity contribution is -0.127. The summed E-state index contributed by atoms with van der Waals surface area (Å²) in [5.41, 5.74) is 1.93. The lowest BCUT2D eigenvalue weighted by Gasteiger charge is -2.22. The Labute approximate surface area is 177 Å². The zero-order valence-corrected chi connectivity index (χ0v) is 17.6. The number of benzene rings is 1. The average molecular weight is 424 g/mol. The van der Waals surface area contributed by atoms with E-state index in [1.165, 1.54) is 33.5 Å². The van der Waals surface area contributed by atoms with Crippen LogP contribution in [0.25, 0.3) is 10.2 Å². The Morgan fingerprint density at radius 1 is 1.10 bits per heavy atom. The van der Waals surface area contributed by atoms with Gasteiger partial charge in [0.25, 0.3) is 5.91 Å². The van der Waals surface area contributed by atoms with Crippen LogP contribution in [-0.4, -0.2) is 38.5 Å². The first-order valence-corrected chi connectivity index (χ1v) is 11.7. The van der Waals surface area contributed by atoms with Crippen LogP contribution in [0.5, 0.6) is 0 Å². The summed E-state index contributed by atoms with van der Waals surface area (Å²) in [5, 5.41) is 1.73. The van der Waals surface area contributed by atoms with E-state index in [2.05, 4.69) is 9.97 Å². The first-order chi connectivity index (χ1) is 14.2. The largest absolute Gasteiger partial charge is 0.278 e. The molecular weight excluding hydrogens is 402 g/mol. The van der Waals surface area contributed by atoms with Gasteiger partial charge in [0.1, 0.15) is 16.2 Å². The number of thioether (sulfide) groups is 1. The Morgan fingerprint density at radius 2 is 1.97 bits per heavy atom. The van der Waals surface area contributed by atoms with Crippen molar-refractivity contribution in [2.75, 3.05) is 6.54 Å². The minimum atomic E-state index is -0.291. The molecule has 0 radical (unpaired) electrons. The lowest BCUT2D eigenvalue weighted by Crippen LogP contribution is -2.41. The van der Waals surface area contributed by atoms with Crippen molar-refractivity contribution in [1.29, 1.82) is 0 Å². The third-order valence-corrected chi connectivity index (χ3v) is 8.08. The van der Waals surface area contributed by atoms with Crippen LogP contribution in [0.2, 0.25) is 0 Å². The minimum absolute atomic E-state index is 0.0972. The highest BCUT2D eigenvalue weighted by molar-refractivity contribution is 8.00. The molecule has 148 valence electrons. The van der Waals surface area contributed by atoms with E-state index in [0.717, 1.165) is 47.3 Å². The zero-order chi connectivity index (χ0) is 19.8. The molecule has 1 aliphatic heterocycles. The molecule has 5 rings (SSSR count). The summed E-state index contributed by atoms with van der Waals surface area (Å²) in [5.74, 6) is -0.299. The Bertz CT molecular complexity index is 1080. The van der Waals surface area contributed by atoms with E-state index in [-0.39, 0.29) is 17.1 Å². The van der Waals surface area contributed by atoms with Crippen LogP contribution < -0.4 is 0 Å². The van der Waals surface area contributed by atoms with Crippen molar-refractivity contribution < 1.29 is 9.59 Å². The molecule has 2 amide bonds. The van der Waals surface area contributed by atoms with E-state index < -0.39 is 0 Å². The molecule has 1 fully saturated rings. The summed E-state index contributed by atoms with van der Waals surface area (Å²) in [7, 11) is 0. The lowest BCUT2D eigenvalue weighted by atomic mass is 10.2. The minimum Gasteiger partial charge on any atom is -0.278 e. The van der Waals surface area contributed by atoms with Crippen molar-refractivity contribution in [3.8, 4) is 0 Å². The van der Waals surface area contributed by atoms with E-state index in [0.29, 0.717) is 12.1 Å². The first-order valence-electron chi connectivity index (χ1n) is 10.0.